The molecule has 0 atom stereocenters. The van der Waals surface area contributed by atoms with Gasteiger partial charge in [0.15, 0.2) is 0 Å². The number of carbonyl (C=O) groups is 2. The normalized spacial score (nSPS) is 11.7. The first-order chi connectivity index (χ1) is 19.9. The van der Waals surface area contributed by atoms with Gasteiger partial charge in [0.1, 0.15) is 34.4 Å². The van der Waals surface area contributed by atoms with Crippen molar-refractivity contribution in [2.45, 2.75) is 65.5 Å². The quantitative estimate of drug-likeness (QED) is 0.266. The van der Waals surface area contributed by atoms with Crippen molar-refractivity contribution < 1.29 is 36.0 Å². The molecular formula is C36H41BrNO4P. The minimum atomic E-state index is -2.12. The van der Waals surface area contributed by atoms with E-state index in [0.717, 1.165) is 22.2 Å². The average molecular weight is 663 g/mol. The topological polar surface area (TPSA) is 55.8 Å². The predicted molar refractivity (Wildman–Crippen MR) is 173 cm³/mol. The Labute approximate surface area is 267 Å². The Morgan fingerprint density at radius 3 is 1.33 bits per heavy atom. The number of rotatable bonds is 7. The fourth-order valence-electron chi connectivity index (χ4n) is 4.89. The molecule has 0 spiro atoms. The van der Waals surface area contributed by atoms with Crippen molar-refractivity contribution in [3.63, 3.8) is 0 Å². The summed E-state index contributed by atoms with van der Waals surface area (Å²) < 4.78 is 11.2. The fraction of sp³-hybridized carbons (Fsp3) is 0.278. The van der Waals surface area contributed by atoms with Crippen LogP contribution < -0.4 is 32.9 Å². The highest BCUT2D eigenvalue weighted by Gasteiger charge is 2.45. The van der Waals surface area contributed by atoms with Gasteiger partial charge in [0.25, 0.3) is 0 Å². The number of halogens is 1. The van der Waals surface area contributed by atoms with Crippen LogP contribution in [0, 0.1) is 0 Å². The lowest BCUT2D eigenvalue weighted by atomic mass is 10.1. The van der Waals surface area contributed by atoms with Gasteiger partial charge in [0, 0.05) is 0 Å². The van der Waals surface area contributed by atoms with Crippen LogP contribution in [0.1, 0.15) is 52.7 Å². The summed E-state index contributed by atoms with van der Waals surface area (Å²) >= 11 is 0. The van der Waals surface area contributed by atoms with Gasteiger partial charge in [-0.25, -0.2) is 14.5 Å². The zero-order valence-corrected chi connectivity index (χ0v) is 28.3. The molecule has 4 aromatic carbocycles. The van der Waals surface area contributed by atoms with E-state index >= 15 is 0 Å². The number of nitrogens with zero attached hydrogens (tertiary/aromatic N) is 1. The molecule has 0 aliphatic heterocycles. The van der Waals surface area contributed by atoms with Crippen molar-refractivity contribution in [3.8, 4) is 0 Å². The lowest BCUT2D eigenvalue weighted by molar-refractivity contribution is -0.00157. The largest absolute Gasteiger partial charge is 1.00 e. The Kier molecular flexibility index (Phi) is 11.3. The van der Waals surface area contributed by atoms with Crippen molar-refractivity contribution in [2.75, 3.05) is 0 Å². The van der Waals surface area contributed by atoms with Gasteiger partial charge in [-0.2, -0.15) is 0 Å². The smallest absolute Gasteiger partial charge is 0.420 e. The first-order valence-electron chi connectivity index (χ1n) is 14.2. The summed E-state index contributed by atoms with van der Waals surface area (Å²) in [6.07, 6.45) is -0.693. The number of benzene rings is 4. The SMILES string of the molecule is CC(C)(C)OC(=O)N(Cc1cccc(C[P+](c2ccccc2)(c2ccccc2)c2ccccc2)c1)C(=O)OC(C)(C)C.[Br-]. The predicted octanol–water partition coefficient (Wildman–Crippen LogP) is 4.86. The van der Waals surface area contributed by atoms with Gasteiger partial charge in [-0.1, -0.05) is 78.9 Å². The minimum Gasteiger partial charge on any atom is -1.00 e. The molecule has 0 unspecified atom stereocenters. The molecule has 0 aliphatic rings. The number of carbonyl (C=O) groups excluding carboxylic acids is 2. The van der Waals surface area contributed by atoms with Crippen molar-refractivity contribution >= 4 is 35.4 Å². The number of imide groups is 1. The third-order valence-electron chi connectivity index (χ3n) is 6.57. The maximum atomic E-state index is 13.2. The minimum absolute atomic E-state index is 0. The van der Waals surface area contributed by atoms with Crippen LogP contribution in [-0.4, -0.2) is 28.3 Å². The maximum Gasteiger partial charge on any atom is 0.420 e. The molecule has 43 heavy (non-hydrogen) atoms. The van der Waals surface area contributed by atoms with Gasteiger partial charge in [0.2, 0.25) is 0 Å². The molecule has 5 nitrogen and oxygen atoms in total. The Morgan fingerprint density at radius 2 is 0.953 bits per heavy atom. The Morgan fingerprint density at radius 1 is 0.581 bits per heavy atom. The van der Waals surface area contributed by atoms with Gasteiger partial charge in [-0.3, -0.25) is 0 Å². The molecule has 2 amide bonds. The third-order valence-corrected chi connectivity index (χ3v) is 10.9. The van der Waals surface area contributed by atoms with Crippen LogP contribution in [0.3, 0.4) is 0 Å². The second-order valence-corrected chi connectivity index (χ2v) is 15.8. The first-order valence-corrected chi connectivity index (χ1v) is 16.2. The molecule has 4 aromatic rings. The maximum absolute atomic E-state index is 13.2. The molecule has 7 heteroatoms. The van der Waals surface area contributed by atoms with Crippen LogP contribution in [0.2, 0.25) is 0 Å². The van der Waals surface area contributed by atoms with E-state index in [0.29, 0.717) is 0 Å². The molecule has 0 fully saturated rings. The zero-order valence-electron chi connectivity index (χ0n) is 25.8. The van der Waals surface area contributed by atoms with E-state index in [1.54, 1.807) is 41.5 Å². The second-order valence-electron chi connectivity index (χ2n) is 12.3. The lowest BCUT2D eigenvalue weighted by Crippen LogP contribution is -3.00. The molecule has 0 aromatic heterocycles. The highest BCUT2D eigenvalue weighted by atomic mass is 79.9. The molecule has 4 rings (SSSR count). The van der Waals surface area contributed by atoms with Crippen LogP contribution in [0.4, 0.5) is 9.59 Å². The van der Waals surface area contributed by atoms with E-state index in [-0.39, 0.29) is 23.5 Å². The van der Waals surface area contributed by atoms with E-state index in [9.17, 15) is 9.59 Å². The van der Waals surface area contributed by atoms with Gasteiger partial charge in [-0.05, 0) is 89.1 Å². The summed E-state index contributed by atoms with van der Waals surface area (Å²) in [4.78, 5) is 27.4. The molecule has 0 saturated heterocycles. The molecule has 0 aliphatic carbocycles. The first kappa shape index (κ1) is 34.0. The van der Waals surface area contributed by atoms with Crippen molar-refractivity contribution in [1.29, 1.82) is 0 Å². The van der Waals surface area contributed by atoms with Gasteiger partial charge in [0.05, 0.1) is 12.7 Å². The zero-order chi connectivity index (χ0) is 30.4. The standard InChI is InChI=1S/C36H41NO4P.BrH/c1-35(2,3)40-33(38)37(34(39)41-36(4,5)6)26-28-17-16-18-29(25-28)27-42(30-19-10-7-11-20-30,31-21-12-8-13-22-31)32-23-14-9-15-24-32;/h7-25H,26-27H2,1-6H3;1H/q+1;/p-1. The number of amides is 2. The summed E-state index contributed by atoms with van der Waals surface area (Å²) in [5.74, 6) is 0. The number of hydrogen-bond donors (Lipinski definition) is 0. The molecule has 0 heterocycles. The summed E-state index contributed by atoms with van der Waals surface area (Å²) in [6.45, 7) is 10.7. The van der Waals surface area contributed by atoms with Crippen molar-refractivity contribution in [2.24, 2.45) is 0 Å². The van der Waals surface area contributed by atoms with Crippen LogP contribution in [0.25, 0.3) is 0 Å². The molecule has 226 valence electrons. The van der Waals surface area contributed by atoms with E-state index in [1.807, 2.05) is 12.1 Å². The molecule has 0 bridgehead atoms. The second kappa shape index (κ2) is 14.3. The van der Waals surface area contributed by atoms with Crippen LogP contribution in [-0.2, 0) is 22.2 Å². The van der Waals surface area contributed by atoms with Gasteiger partial charge < -0.3 is 26.5 Å². The highest BCUT2D eigenvalue weighted by molar-refractivity contribution is 7.95. The monoisotopic (exact) mass is 661 g/mol. The van der Waals surface area contributed by atoms with Gasteiger partial charge in [-0.15, -0.1) is 0 Å². The molecule has 0 saturated carbocycles. The summed E-state index contributed by atoms with van der Waals surface area (Å²) in [6, 6.07) is 40.3. The summed E-state index contributed by atoms with van der Waals surface area (Å²) in [5, 5.41) is 3.87. The van der Waals surface area contributed by atoms with Gasteiger partial charge >= 0.3 is 12.2 Å². The molecule has 0 radical (unpaired) electrons. The lowest BCUT2D eigenvalue weighted by Gasteiger charge is -2.29. The van der Waals surface area contributed by atoms with E-state index in [2.05, 4.69) is 103 Å². The Bertz CT molecular complexity index is 1360. The third kappa shape index (κ3) is 9.01. The summed E-state index contributed by atoms with van der Waals surface area (Å²) in [7, 11) is -2.12. The number of hydrogen-bond acceptors (Lipinski definition) is 4. The summed E-state index contributed by atoms with van der Waals surface area (Å²) in [5.41, 5.74) is 0.413. The molecular weight excluding hydrogens is 621 g/mol. The van der Waals surface area contributed by atoms with Crippen molar-refractivity contribution in [1.82, 2.24) is 4.90 Å². The molecule has 0 N–H and O–H groups in total. The van der Waals surface area contributed by atoms with Crippen LogP contribution in [0.15, 0.2) is 115 Å². The highest BCUT2D eigenvalue weighted by Crippen LogP contribution is 2.58. The fourth-order valence-corrected chi connectivity index (χ4v) is 9.12. The Balaban J connectivity index is 0.00000506. The average Bonchev–Trinajstić information content (AvgIpc) is 2.94. The van der Waals surface area contributed by atoms with E-state index in [1.165, 1.54) is 15.9 Å². The number of ether oxygens (including phenoxy) is 2. The Hall–Kier alpha value is -3.47. The van der Waals surface area contributed by atoms with Crippen LogP contribution >= 0.6 is 7.26 Å². The van der Waals surface area contributed by atoms with Crippen LogP contribution in [0.5, 0.6) is 0 Å². The van der Waals surface area contributed by atoms with E-state index < -0.39 is 30.7 Å². The van der Waals surface area contributed by atoms with Crippen molar-refractivity contribution in [3.05, 3.63) is 126 Å². The van der Waals surface area contributed by atoms with E-state index in [4.69, 9.17) is 9.47 Å².